The van der Waals surface area contributed by atoms with Crippen LogP contribution in [0.5, 0.6) is 0 Å². The number of nitrogens with one attached hydrogen (secondary N) is 1. The molecule has 1 amide bonds. The Balaban J connectivity index is 1.96. The minimum Gasteiger partial charge on any atom is -0.347 e. The minimum absolute atomic E-state index is 0.207. The average molecular weight is 227 g/mol. The van der Waals surface area contributed by atoms with Crippen LogP contribution in [0.2, 0.25) is 0 Å². The van der Waals surface area contributed by atoms with E-state index in [4.69, 9.17) is 0 Å². The number of rotatable bonds is 3. The summed E-state index contributed by atoms with van der Waals surface area (Å²) in [5, 5.41) is 2.79. The summed E-state index contributed by atoms with van der Waals surface area (Å²) < 4.78 is 0. The van der Waals surface area contributed by atoms with E-state index in [9.17, 15) is 4.79 Å². The van der Waals surface area contributed by atoms with Crippen LogP contribution >= 0.6 is 0 Å². The molecule has 4 nitrogen and oxygen atoms in total. The zero-order valence-corrected chi connectivity index (χ0v) is 9.55. The first-order valence-electron chi connectivity index (χ1n) is 5.36. The van der Waals surface area contributed by atoms with Crippen LogP contribution in [-0.4, -0.2) is 15.9 Å². The third kappa shape index (κ3) is 3.11. The Bertz CT molecular complexity index is 494. The van der Waals surface area contributed by atoms with Crippen molar-refractivity contribution in [3.8, 4) is 0 Å². The summed E-state index contributed by atoms with van der Waals surface area (Å²) in [6.45, 7) is 2.33. The van der Waals surface area contributed by atoms with Crippen LogP contribution in [0.4, 0.5) is 0 Å². The number of aryl methyl sites for hydroxylation is 1. The Morgan fingerprint density at radius 1 is 1.18 bits per heavy atom. The van der Waals surface area contributed by atoms with Gasteiger partial charge in [-0.15, -0.1) is 0 Å². The van der Waals surface area contributed by atoms with Crippen LogP contribution in [0.3, 0.4) is 0 Å². The molecule has 0 unspecified atom stereocenters. The van der Waals surface area contributed by atoms with Gasteiger partial charge in [0.15, 0.2) is 0 Å². The smallest absolute Gasteiger partial charge is 0.271 e. The number of nitrogens with zero attached hydrogens (tertiary/aromatic N) is 2. The molecule has 4 heteroatoms. The molecular formula is C13H13N3O. The molecule has 86 valence electrons. The van der Waals surface area contributed by atoms with Crippen LogP contribution in [-0.2, 0) is 6.54 Å². The van der Waals surface area contributed by atoms with E-state index in [0.29, 0.717) is 12.2 Å². The number of aromatic nitrogens is 2. The van der Waals surface area contributed by atoms with Crippen molar-refractivity contribution in [2.75, 3.05) is 0 Å². The fraction of sp³-hybridized carbons (Fsp3) is 0.154. The topological polar surface area (TPSA) is 54.9 Å². The van der Waals surface area contributed by atoms with Crippen molar-refractivity contribution in [2.45, 2.75) is 13.5 Å². The number of hydrogen-bond acceptors (Lipinski definition) is 3. The summed E-state index contributed by atoms with van der Waals surface area (Å²) in [5.74, 6) is -0.207. The van der Waals surface area contributed by atoms with Gasteiger partial charge in [-0.25, -0.2) is 4.98 Å². The largest absolute Gasteiger partial charge is 0.347 e. The highest BCUT2D eigenvalue weighted by atomic mass is 16.1. The van der Waals surface area contributed by atoms with Crippen LogP contribution in [0.15, 0.2) is 42.7 Å². The van der Waals surface area contributed by atoms with Gasteiger partial charge in [0, 0.05) is 12.7 Å². The van der Waals surface area contributed by atoms with E-state index in [1.165, 1.54) is 6.20 Å². The minimum atomic E-state index is -0.207. The Hall–Kier alpha value is -2.23. The molecule has 2 aromatic rings. The van der Waals surface area contributed by atoms with E-state index < -0.39 is 0 Å². The Kier molecular flexibility index (Phi) is 3.45. The molecule has 1 aromatic heterocycles. The number of hydrogen-bond donors (Lipinski definition) is 1. The first-order chi connectivity index (χ1) is 8.25. The third-order valence-electron chi connectivity index (χ3n) is 2.31. The van der Waals surface area contributed by atoms with Crippen molar-refractivity contribution in [1.29, 1.82) is 0 Å². The van der Waals surface area contributed by atoms with Gasteiger partial charge in [-0.1, -0.05) is 30.3 Å². The van der Waals surface area contributed by atoms with Crippen molar-refractivity contribution in [3.05, 3.63) is 59.7 Å². The molecule has 0 bridgehead atoms. The predicted octanol–water partition coefficient (Wildman–Crippen LogP) is 1.72. The maximum absolute atomic E-state index is 11.7. The first-order valence-corrected chi connectivity index (χ1v) is 5.36. The molecule has 0 saturated carbocycles. The monoisotopic (exact) mass is 227 g/mol. The van der Waals surface area contributed by atoms with Crippen LogP contribution in [0.25, 0.3) is 0 Å². The fourth-order valence-corrected chi connectivity index (χ4v) is 1.38. The summed E-state index contributed by atoms with van der Waals surface area (Å²) in [7, 11) is 0. The van der Waals surface area contributed by atoms with Crippen LogP contribution in [0.1, 0.15) is 21.7 Å². The van der Waals surface area contributed by atoms with Gasteiger partial charge < -0.3 is 5.32 Å². The van der Waals surface area contributed by atoms with E-state index in [1.54, 1.807) is 6.20 Å². The van der Waals surface area contributed by atoms with Crippen LogP contribution < -0.4 is 5.32 Å². The average Bonchev–Trinajstić information content (AvgIpc) is 2.38. The Morgan fingerprint density at radius 3 is 2.59 bits per heavy atom. The quantitative estimate of drug-likeness (QED) is 0.868. The second kappa shape index (κ2) is 5.21. The highest BCUT2D eigenvalue weighted by Gasteiger charge is 2.06. The second-order valence-electron chi connectivity index (χ2n) is 3.71. The highest BCUT2D eigenvalue weighted by molar-refractivity contribution is 5.91. The summed E-state index contributed by atoms with van der Waals surface area (Å²) in [4.78, 5) is 19.8. The van der Waals surface area contributed by atoms with Gasteiger partial charge >= 0.3 is 0 Å². The Morgan fingerprint density at radius 2 is 1.94 bits per heavy atom. The lowest BCUT2D eigenvalue weighted by molar-refractivity contribution is 0.0945. The van der Waals surface area contributed by atoms with Gasteiger partial charge in [0.25, 0.3) is 5.91 Å². The van der Waals surface area contributed by atoms with Gasteiger partial charge in [-0.3, -0.25) is 9.78 Å². The SMILES string of the molecule is Cc1cnc(C(=O)NCc2ccccc2)cn1. The van der Waals surface area contributed by atoms with Crippen molar-refractivity contribution in [1.82, 2.24) is 15.3 Å². The molecule has 1 N–H and O–H groups in total. The summed E-state index contributed by atoms with van der Waals surface area (Å²) >= 11 is 0. The molecule has 0 aliphatic rings. The maximum atomic E-state index is 11.7. The van der Waals surface area contributed by atoms with E-state index in [1.807, 2.05) is 37.3 Å². The molecule has 2 rings (SSSR count). The lowest BCUT2D eigenvalue weighted by Crippen LogP contribution is -2.23. The molecule has 1 aromatic carbocycles. The van der Waals surface area contributed by atoms with Crippen molar-refractivity contribution in [3.63, 3.8) is 0 Å². The van der Waals surface area contributed by atoms with Gasteiger partial charge in [0.2, 0.25) is 0 Å². The molecule has 0 fully saturated rings. The second-order valence-corrected chi connectivity index (χ2v) is 3.71. The molecule has 0 aliphatic carbocycles. The molecule has 0 aliphatic heterocycles. The van der Waals surface area contributed by atoms with Crippen LogP contribution in [0, 0.1) is 6.92 Å². The number of carbonyl (C=O) groups excluding carboxylic acids is 1. The van der Waals surface area contributed by atoms with Crippen molar-refractivity contribution < 1.29 is 4.79 Å². The standard InChI is InChI=1S/C13H13N3O/c1-10-7-15-12(9-14-10)13(17)16-8-11-5-3-2-4-6-11/h2-7,9H,8H2,1H3,(H,16,17). The highest BCUT2D eigenvalue weighted by Crippen LogP contribution is 1.99. The van der Waals surface area contributed by atoms with Gasteiger partial charge in [-0.05, 0) is 12.5 Å². The lowest BCUT2D eigenvalue weighted by atomic mass is 10.2. The molecule has 17 heavy (non-hydrogen) atoms. The number of benzene rings is 1. The van der Waals surface area contributed by atoms with E-state index in [0.717, 1.165) is 11.3 Å². The van der Waals surface area contributed by atoms with Gasteiger partial charge in [0.1, 0.15) is 5.69 Å². The van der Waals surface area contributed by atoms with Crippen molar-refractivity contribution in [2.24, 2.45) is 0 Å². The number of carbonyl (C=O) groups is 1. The first kappa shape index (κ1) is 11.3. The summed E-state index contributed by atoms with van der Waals surface area (Å²) in [6.07, 6.45) is 3.06. The normalized spacial score (nSPS) is 9.94. The molecule has 1 heterocycles. The predicted molar refractivity (Wildman–Crippen MR) is 64.4 cm³/mol. The molecular weight excluding hydrogens is 214 g/mol. The zero-order valence-electron chi connectivity index (χ0n) is 9.55. The zero-order chi connectivity index (χ0) is 12.1. The van der Waals surface area contributed by atoms with Gasteiger partial charge in [-0.2, -0.15) is 0 Å². The van der Waals surface area contributed by atoms with Gasteiger partial charge in [0.05, 0.1) is 11.9 Å². The fourth-order valence-electron chi connectivity index (χ4n) is 1.38. The van der Waals surface area contributed by atoms with E-state index in [2.05, 4.69) is 15.3 Å². The molecule has 0 saturated heterocycles. The number of amides is 1. The maximum Gasteiger partial charge on any atom is 0.271 e. The van der Waals surface area contributed by atoms with Crippen molar-refractivity contribution >= 4 is 5.91 Å². The van der Waals surface area contributed by atoms with E-state index in [-0.39, 0.29) is 5.91 Å². The molecule has 0 radical (unpaired) electrons. The summed E-state index contributed by atoms with van der Waals surface area (Å²) in [6, 6.07) is 9.74. The molecule has 0 spiro atoms. The Labute approximate surface area is 99.7 Å². The lowest BCUT2D eigenvalue weighted by Gasteiger charge is -2.04. The molecule has 0 atom stereocenters. The third-order valence-corrected chi connectivity index (χ3v) is 2.31. The summed E-state index contributed by atoms with van der Waals surface area (Å²) in [5.41, 5.74) is 2.19. The van der Waals surface area contributed by atoms with E-state index >= 15 is 0 Å².